The highest BCUT2D eigenvalue weighted by Crippen LogP contribution is 2.37. The van der Waals surface area contributed by atoms with Crippen LogP contribution in [-0.2, 0) is 9.59 Å². The number of rotatable bonds is 10. The second kappa shape index (κ2) is 15.3. The number of carbonyl (C=O) groups excluding carboxylic acids is 3. The predicted octanol–water partition coefficient (Wildman–Crippen LogP) is 8.84. The summed E-state index contributed by atoms with van der Waals surface area (Å²) in [5, 5.41) is 8.72. The fourth-order valence-electron chi connectivity index (χ4n) is 4.57. The average Bonchev–Trinajstić information content (AvgIpc) is 3.07. The zero-order valence-electron chi connectivity index (χ0n) is 25.3. The molecule has 0 heterocycles. The number of nitrogens with one attached hydrogen (secondary N) is 3. The van der Waals surface area contributed by atoms with Crippen LogP contribution >= 0.6 is 23.4 Å². The molecule has 1 atom stereocenters. The molecule has 1 unspecified atom stereocenters. The number of anilines is 2. The zero-order chi connectivity index (χ0) is 32.5. The summed E-state index contributed by atoms with van der Waals surface area (Å²) < 4.78 is 0. The Morgan fingerprint density at radius 2 is 1.37 bits per heavy atom. The standard InChI is InChI=1S/C38H32ClN3O3S/c1-25-16-18-27(19-17-25)24-34(42-36(43)29-12-7-4-8-13-29)37(44)40-30-20-22-31(23-21-30)46-35(28-10-5-3-6-11-28)38(45)41-33-15-9-14-32(39)26(33)2/h3-24,35H,1-2H3,(H,40,44)(H,41,45)(H,42,43)/b34-24-. The lowest BCUT2D eigenvalue weighted by molar-refractivity contribution is -0.116. The van der Waals surface area contributed by atoms with Crippen LogP contribution in [-0.4, -0.2) is 17.7 Å². The van der Waals surface area contributed by atoms with E-state index in [1.54, 1.807) is 54.6 Å². The van der Waals surface area contributed by atoms with Gasteiger partial charge in [-0.2, -0.15) is 0 Å². The van der Waals surface area contributed by atoms with Crippen molar-refractivity contribution in [3.8, 4) is 0 Å². The second-order valence-corrected chi connectivity index (χ2v) is 12.2. The quantitative estimate of drug-likeness (QED) is 0.105. The third kappa shape index (κ3) is 8.53. The molecule has 0 bridgehead atoms. The molecule has 0 aliphatic heterocycles. The maximum absolute atomic E-state index is 13.6. The van der Waals surface area contributed by atoms with Crippen LogP contribution in [0.1, 0.15) is 37.9 Å². The van der Waals surface area contributed by atoms with Crippen molar-refractivity contribution in [1.82, 2.24) is 5.32 Å². The molecule has 0 aromatic heterocycles. The minimum atomic E-state index is -0.544. The molecule has 0 saturated carbocycles. The first kappa shape index (κ1) is 32.3. The van der Waals surface area contributed by atoms with Gasteiger partial charge in [0.1, 0.15) is 10.9 Å². The smallest absolute Gasteiger partial charge is 0.272 e. The summed E-state index contributed by atoms with van der Waals surface area (Å²) in [7, 11) is 0. The molecule has 6 nitrogen and oxygen atoms in total. The summed E-state index contributed by atoms with van der Waals surface area (Å²) in [5.41, 5.74) is 5.24. The van der Waals surface area contributed by atoms with Gasteiger partial charge in [-0.25, -0.2) is 0 Å². The molecule has 0 aliphatic carbocycles. The number of hydrogen-bond donors (Lipinski definition) is 3. The minimum absolute atomic E-state index is 0.105. The fraction of sp³-hybridized carbons (Fsp3) is 0.0789. The Kier molecular flexibility index (Phi) is 10.7. The second-order valence-electron chi connectivity index (χ2n) is 10.6. The summed E-state index contributed by atoms with van der Waals surface area (Å²) in [6.45, 7) is 3.85. The summed E-state index contributed by atoms with van der Waals surface area (Å²) in [5.74, 6) is -1.04. The van der Waals surface area contributed by atoms with Gasteiger partial charge in [-0.15, -0.1) is 11.8 Å². The lowest BCUT2D eigenvalue weighted by Gasteiger charge is -2.18. The van der Waals surface area contributed by atoms with Crippen molar-refractivity contribution in [3.63, 3.8) is 0 Å². The van der Waals surface area contributed by atoms with Gasteiger partial charge in [-0.3, -0.25) is 14.4 Å². The molecule has 0 saturated heterocycles. The number of aryl methyl sites for hydroxylation is 1. The van der Waals surface area contributed by atoms with Crippen LogP contribution in [0.2, 0.25) is 5.02 Å². The van der Waals surface area contributed by atoms with Crippen molar-refractivity contribution in [2.24, 2.45) is 0 Å². The normalized spacial score (nSPS) is 11.8. The molecule has 3 amide bonds. The van der Waals surface area contributed by atoms with Gasteiger partial charge in [0.05, 0.1) is 0 Å². The largest absolute Gasteiger partial charge is 0.325 e. The highest BCUT2D eigenvalue weighted by Gasteiger charge is 2.23. The lowest BCUT2D eigenvalue weighted by atomic mass is 10.1. The van der Waals surface area contributed by atoms with Crippen molar-refractivity contribution in [3.05, 3.63) is 166 Å². The van der Waals surface area contributed by atoms with Gasteiger partial charge < -0.3 is 16.0 Å². The molecule has 230 valence electrons. The fourth-order valence-corrected chi connectivity index (χ4v) is 5.76. The Hall–Kier alpha value is -5.11. The molecule has 5 aromatic carbocycles. The van der Waals surface area contributed by atoms with E-state index in [1.807, 2.05) is 92.7 Å². The van der Waals surface area contributed by atoms with E-state index in [0.717, 1.165) is 27.1 Å². The first-order valence-corrected chi connectivity index (χ1v) is 15.9. The number of carbonyl (C=O) groups is 3. The van der Waals surface area contributed by atoms with E-state index in [2.05, 4.69) is 16.0 Å². The minimum Gasteiger partial charge on any atom is -0.325 e. The molecule has 46 heavy (non-hydrogen) atoms. The Morgan fingerprint density at radius 3 is 2.04 bits per heavy atom. The Balaban J connectivity index is 1.33. The first-order chi connectivity index (χ1) is 22.3. The molecule has 8 heteroatoms. The summed E-state index contributed by atoms with van der Waals surface area (Å²) in [6, 6.07) is 38.6. The van der Waals surface area contributed by atoms with Crippen molar-refractivity contribution in [2.45, 2.75) is 24.0 Å². The SMILES string of the molecule is Cc1ccc(/C=C(\NC(=O)c2ccccc2)C(=O)Nc2ccc(SC(C(=O)Nc3cccc(Cl)c3C)c3ccccc3)cc2)cc1. The van der Waals surface area contributed by atoms with E-state index in [0.29, 0.717) is 22.0 Å². The van der Waals surface area contributed by atoms with Crippen molar-refractivity contribution in [2.75, 3.05) is 10.6 Å². The molecular formula is C38H32ClN3O3S. The highest BCUT2D eigenvalue weighted by molar-refractivity contribution is 8.00. The maximum atomic E-state index is 13.6. The van der Waals surface area contributed by atoms with Crippen molar-refractivity contribution in [1.29, 1.82) is 0 Å². The van der Waals surface area contributed by atoms with Crippen molar-refractivity contribution < 1.29 is 14.4 Å². The number of hydrogen-bond acceptors (Lipinski definition) is 4. The van der Waals surface area contributed by atoms with E-state index >= 15 is 0 Å². The van der Waals surface area contributed by atoms with Crippen LogP contribution in [0.3, 0.4) is 0 Å². The van der Waals surface area contributed by atoms with Crippen LogP contribution in [0.25, 0.3) is 6.08 Å². The Bertz CT molecular complexity index is 1860. The molecule has 0 aliphatic rings. The van der Waals surface area contributed by atoms with Crippen LogP contribution in [0.15, 0.2) is 138 Å². The molecule has 5 aromatic rings. The third-order valence-electron chi connectivity index (χ3n) is 7.15. The van der Waals surface area contributed by atoms with Gasteiger partial charge in [0, 0.05) is 26.9 Å². The Labute approximate surface area is 277 Å². The molecule has 0 radical (unpaired) electrons. The van der Waals surface area contributed by atoms with Crippen molar-refractivity contribution >= 4 is 58.5 Å². The van der Waals surface area contributed by atoms with Gasteiger partial charge in [-0.05, 0) is 85.1 Å². The number of halogens is 1. The van der Waals surface area contributed by atoms with E-state index in [9.17, 15) is 14.4 Å². The van der Waals surface area contributed by atoms with Gasteiger partial charge in [0.15, 0.2) is 0 Å². The highest BCUT2D eigenvalue weighted by atomic mass is 35.5. The summed E-state index contributed by atoms with van der Waals surface area (Å²) in [4.78, 5) is 40.8. The van der Waals surface area contributed by atoms with E-state index in [-0.39, 0.29) is 17.5 Å². The summed E-state index contributed by atoms with van der Waals surface area (Å²) in [6.07, 6.45) is 1.64. The molecule has 0 fully saturated rings. The van der Waals surface area contributed by atoms with E-state index < -0.39 is 11.2 Å². The average molecular weight is 646 g/mol. The predicted molar refractivity (Wildman–Crippen MR) is 188 cm³/mol. The van der Waals surface area contributed by atoms with E-state index in [4.69, 9.17) is 11.6 Å². The number of amides is 3. The molecular weight excluding hydrogens is 614 g/mol. The van der Waals surface area contributed by atoms with Gasteiger partial charge in [0.25, 0.3) is 11.8 Å². The molecule has 0 spiro atoms. The number of thioether (sulfide) groups is 1. The van der Waals surface area contributed by atoms with Gasteiger partial charge in [0.2, 0.25) is 5.91 Å². The van der Waals surface area contributed by atoms with Gasteiger partial charge >= 0.3 is 0 Å². The molecule has 3 N–H and O–H groups in total. The maximum Gasteiger partial charge on any atom is 0.272 e. The zero-order valence-corrected chi connectivity index (χ0v) is 26.9. The molecule has 5 rings (SSSR count). The summed E-state index contributed by atoms with van der Waals surface area (Å²) >= 11 is 7.68. The number of benzene rings is 5. The first-order valence-electron chi connectivity index (χ1n) is 14.6. The topological polar surface area (TPSA) is 87.3 Å². The van der Waals surface area contributed by atoms with Gasteiger partial charge in [-0.1, -0.05) is 96.0 Å². The van der Waals surface area contributed by atoms with E-state index in [1.165, 1.54) is 11.8 Å². The van der Waals surface area contributed by atoms with Crippen LogP contribution in [0.4, 0.5) is 11.4 Å². The Morgan fingerprint density at radius 1 is 0.717 bits per heavy atom. The lowest BCUT2D eigenvalue weighted by Crippen LogP contribution is -2.30. The third-order valence-corrected chi connectivity index (χ3v) is 8.83. The monoisotopic (exact) mass is 645 g/mol. The van der Waals surface area contributed by atoms with Crippen LogP contribution in [0, 0.1) is 13.8 Å². The van der Waals surface area contributed by atoms with Crippen LogP contribution < -0.4 is 16.0 Å². The van der Waals surface area contributed by atoms with Crippen LogP contribution in [0.5, 0.6) is 0 Å².